The zero-order valence-corrected chi connectivity index (χ0v) is 31.9. The molecular weight excluding hydrogens is 637 g/mol. The maximum atomic E-state index is 13.3. The van der Waals surface area contributed by atoms with E-state index in [0.717, 1.165) is 60.6 Å². The molecule has 0 aliphatic carbocycles. The van der Waals surface area contributed by atoms with E-state index in [9.17, 15) is 19.5 Å². The number of ether oxygens (including phenoxy) is 2. The summed E-state index contributed by atoms with van der Waals surface area (Å²) in [6.45, 7) is 14.6. The van der Waals surface area contributed by atoms with Gasteiger partial charge in [-0.1, -0.05) is 38.1 Å². The number of likely N-dealkylation sites (N-methyl/N-ethyl adjacent to an activating group) is 2. The lowest BCUT2D eigenvalue weighted by molar-refractivity contribution is -0.960. The fraction of sp³-hybridized carbons (Fsp3) is 0.625. The predicted molar refractivity (Wildman–Crippen MR) is 197 cm³/mol. The lowest BCUT2D eigenvalue weighted by Gasteiger charge is -2.56. The van der Waals surface area contributed by atoms with Crippen LogP contribution in [0.2, 0.25) is 0 Å². The van der Waals surface area contributed by atoms with Crippen LogP contribution in [0.5, 0.6) is 11.5 Å². The number of piperidine rings is 2. The third-order valence-corrected chi connectivity index (χ3v) is 13.7. The van der Waals surface area contributed by atoms with Crippen LogP contribution in [0.3, 0.4) is 0 Å². The van der Waals surface area contributed by atoms with Gasteiger partial charge in [0.05, 0.1) is 51.4 Å². The van der Waals surface area contributed by atoms with E-state index in [1.807, 2.05) is 48.5 Å². The maximum absolute atomic E-state index is 13.3. The molecular formula is C40H60N2O6S+2. The third kappa shape index (κ3) is 8.54. The molecule has 4 atom stereocenters. The van der Waals surface area contributed by atoms with Gasteiger partial charge in [-0.2, -0.15) is 12.6 Å². The summed E-state index contributed by atoms with van der Waals surface area (Å²) in [6.07, 6.45) is 5.81. The lowest BCUT2D eigenvalue weighted by atomic mass is 9.66. The van der Waals surface area contributed by atoms with Crippen LogP contribution in [0.1, 0.15) is 91.2 Å². The van der Waals surface area contributed by atoms with Crippen molar-refractivity contribution in [2.75, 3.05) is 27.2 Å². The molecule has 2 saturated heterocycles. The van der Waals surface area contributed by atoms with Gasteiger partial charge in [0.1, 0.15) is 16.2 Å². The van der Waals surface area contributed by atoms with Crippen LogP contribution in [-0.4, -0.2) is 88.1 Å². The molecule has 0 spiro atoms. The molecule has 0 bridgehead atoms. The van der Waals surface area contributed by atoms with Crippen molar-refractivity contribution in [1.82, 2.24) is 0 Å². The van der Waals surface area contributed by atoms with Crippen molar-refractivity contribution in [2.24, 2.45) is 11.8 Å². The fourth-order valence-electron chi connectivity index (χ4n) is 8.55. The maximum Gasteiger partial charge on any atom is 0.320 e. The molecule has 0 amide bonds. The second kappa shape index (κ2) is 16.0. The number of thiol groups is 1. The van der Waals surface area contributed by atoms with Crippen LogP contribution in [0.25, 0.3) is 0 Å². The van der Waals surface area contributed by atoms with Gasteiger partial charge >= 0.3 is 17.9 Å². The Balaban J connectivity index is 1.40. The van der Waals surface area contributed by atoms with Crippen LogP contribution < -0.4 is 9.47 Å². The van der Waals surface area contributed by atoms with Crippen molar-refractivity contribution >= 4 is 30.5 Å². The number of carboxylic acids is 1. The fourth-order valence-corrected chi connectivity index (χ4v) is 8.97. The van der Waals surface area contributed by atoms with Crippen LogP contribution >= 0.6 is 12.6 Å². The van der Waals surface area contributed by atoms with Crippen LogP contribution in [0.4, 0.5) is 0 Å². The molecule has 0 saturated carbocycles. The smallest absolute Gasteiger partial charge is 0.320 e. The molecule has 49 heavy (non-hydrogen) atoms. The Labute approximate surface area is 299 Å². The van der Waals surface area contributed by atoms with Gasteiger partial charge in [-0.25, -0.2) is 0 Å². The van der Waals surface area contributed by atoms with E-state index in [1.54, 1.807) is 13.8 Å². The molecule has 270 valence electrons. The second-order valence-electron chi connectivity index (χ2n) is 15.4. The van der Waals surface area contributed by atoms with Gasteiger partial charge in [0.2, 0.25) is 0 Å². The number of nitrogens with zero attached hydrogens (tertiary/aromatic N) is 2. The summed E-state index contributed by atoms with van der Waals surface area (Å²) in [5, 5.41) is 10.9. The van der Waals surface area contributed by atoms with Crippen LogP contribution in [0.15, 0.2) is 48.5 Å². The summed E-state index contributed by atoms with van der Waals surface area (Å²) < 4.78 is 11.4. The molecule has 2 aromatic rings. The topological polar surface area (TPSA) is 89.9 Å². The zero-order chi connectivity index (χ0) is 36.1. The molecule has 2 aliphatic rings. The molecule has 4 rings (SSSR count). The number of likely N-dealkylation sites (tertiary alicyclic amines) is 2. The number of aliphatic carboxylic acids is 1. The van der Waals surface area contributed by atoms with Gasteiger partial charge in [0.15, 0.2) is 0 Å². The number of esters is 2. The van der Waals surface area contributed by atoms with Crippen molar-refractivity contribution in [3.63, 3.8) is 0 Å². The van der Waals surface area contributed by atoms with E-state index >= 15 is 0 Å². The molecule has 0 aromatic heterocycles. The number of benzene rings is 2. The van der Waals surface area contributed by atoms with E-state index in [2.05, 4.69) is 41.8 Å². The summed E-state index contributed by atoms with van der Waals surface area (Å²) in [5.41, 5.74) is 2.40. The number of carbonyl (C=O) groups excluding carboxylic acids is 2. The number of rotatable bonds is 13. The normalized spacial score (nSPS) is 31.4. The van der Waals surface area contributed by atoms with Crippen molar-refractivity contribution in [2.45, 2.75) is 122 Å². The third-order valence-electron chi connectivity index (χ3n) is 12.8. The minimum atomic E-state index is -1.08. The Morgan fingerprint density at radius 2 is 0.980 bits per heavy atom. The van der Waals surface area contributed by atoms with E-state index in [4.69, 9.17) is 22.1 Å². The van der Waals surface area contributed by atoms with E-state index in [0.29, 0.717) is 48.5 Å². The zero-order valence-electron chi connectivity index (χ0n) is 31.0. The molecule has 2 aromatic carbocycles. The molecule has 2 heterocycles. The quantitative estimate of drug-likeness (QED) is 0.100. The largest absolute Gasteiger partial charge is 0.480 e. The standard InChI is InChI=1S/C40H58N2O6S/c1-9-37(43)47-35-15-11-31(12-16-35)19-21-41(7)27(3)23-33(24-28(41)4)40(49,39(45)46)34-25-29(5)42(8,30(6)26-34)22-20-32-13-17-36(18-14-32)48-38(44)10-2/h11-18,27-30,33-34H,9-10,19-26H2,1-8H3/p+2. The Kier molecular flexibility index (Phi) is 12.7. The monoisotopic (exact) mass is 696 g/mol. The number of carbonyl (C=O) groups is 3. The number of hydrogen-bond donors (Lipinski definition) is 2. The molecule has 9 heteroatoms. The molecule has 0 radical (unpaired) electrons. The average molecular weight is 697 g/mol. The van der Waals surface area contributed by atoms with E-state index in [1.165, 1.54) is 11.1 Å². The highest BCUT2D eigenvalue weighted by Gasteiger charge is 2.58. The van der Waals surface area contributed by atoms with Crippen LogP contribution in [-0.2, 0) is 27.2 Å². The first kappa shape index (κ1) is 38.9. The predicted octanol–water partition coefficient (Wildman–Crippen LogP) is 7.12. The first-order valence-electron chi connectivity index (χ1n) is 18.3. The molecule has 2 fully saturated rings. The Hall–Kier alpha value is -2.88. The van der Waals surface area contributed by atoms with Gasteiger partial charge in [-0.15, -0.1) is 0 Å². The highest BCUT2D eigenvalue weighted by atomic mass is 32.1. The summed E-state index contributed by atoms with van der Waals surface area (Å²) in [4.78, 5) is 36.6. The highest BCUT2D eigenvalue weighted by Crippen LogP contribution is 2.50. The molecule has 4 unspecified atom stereocenters. The van der Waals surface area contributed by atoms with Gasteiger partial charge in [0, 0.05) is 51.4 Å². The summed E-state index contributed by atoms with van der Waals surface area (Å²) in [7, 11) is 4.64. The van der Waals surface area contributed by atoms with Crippen molar-refractivity contribution in [3.8, 4) is 11.5 Å². The first-order valence-corrected chi connectivity index (χ1v) is 18.8. The average Bonchev–Trinajstić information content (AvgIpc) is 3.08. The van der Waals surface area contributed by atoms with Gasteiger partial charge in [-0.3, -0.25) is 14.4 Å². The second-order valence-corrected chi connectivity index (χ2v) is 16.2. The summed E-state index contributed by atoms with van der Waals surface area (Å²) >= 11 is 5.19. The van der Waals surface area contributed by atoms with E-state index in [-0.39, 0.29) is 23.8 Å². The number of carboxylic acid groups (broad SMARTS) is 1. The molecule has 1 N–H and O–H groups in total. The Morgan fingerprint density at radius 1 is 0.673 bits per heavy atom. The van der Waals surface area contributed by atoms with E-state index < -0.39 is 10.7 Å². The SMILES string of the molecule is CCC(=O)Oc1ccc(CC[N+]2(C)C(C)CC(C(S)(C(=O)O)C3CC(C)[N+](C)(CCc4ccc(OC(=O)CC)cc4)C(C)C3)CC2C)cc1. The Morgan fingerprint density at radius 3 is 1.24 bits per heavy atom. The summed E-state index contributed by atoms with van der Waals surface area (Å²) in [5.74, 6) is -0.128. The van der Waals surface area contributed by atoms with Crippen molar-refractivity contribution in [1.29, 1.82) is 0 Å². The van der Waals surface area contributed by atoms with Crippen molar-refractivity contribution < 1.29 is 37.9 Å². The van der Waals surface area contributed by atoms with Crippen molar-refractivity contribution in [3.05, 3.63) is 59.7 Å². The molecule has 8 nitrogen and oxygen atoms in total. The van der Waals surface area contributed by atoms with Crippen LogP contribution in [0, 0.1) is 11.8 Å². The molecule has 2 aliphatic heterocycles. The van der Waals surface area contributed by atoms with Gasteiger partial charge in [-0.05, 0) is 74.9 Å². The minimum Gasteiger partial charge on any atom is -0.480 e. The summed E-state index contributed by atoms with van der Waals surface area (Å²) in [6, 6.07) is 16.8. The Bertz CT molecular complexity index is 1320. The number of quaternary nitrogens is 2. The van der Waals surface area contributed by atoms with Gasteiger partial charge in [0.25, 0.3) is 0 Å². The first-order chi connectivity index (χ1) is 23.1. The van der Waals surface area contributed by atoms with Gasteiger partial charge < -0.3 is 23.5 Å². The minimum absolute atomic E-state index is 0.0151. The lowest BCUT2D eigenvalue weighted by Crippen LogP contribution is -2.67. The number of hydrogen-bond acceptors (Lipinski definition) is 6. The highest BCUT2D eigenvalue weighted by molar-refractivity contribution is 7.82.